The average Bonchev–Trinajstić information content (AvgIpc) is 3.38. The maximum atomic E-state index is 12.7. The SMILES string of the molecule is CC(C)[C@@H](CC(=O)NC1CCC(CC(=O)O)C1)NC(=O)OCC1c2ccccc2-c2ccccc21. The summed E-state index contributed by atoms with van der Waals surface area (Å²) >= 11 is 0. The third-order valence-electron chi connectivity index (χ3n) is 7.23. The number of ether oxygens (including phenoxy) is 1. The van der Waals surface area contributed by atoms with Crippen molar-refractivity contribution in [2.45, 2.75) is 64.0 Å². The molecule has 0 aliphatic heterocycles. The second-order valence-corrected chi connectivity index (χ2v) is 10.1. The molecule has 186 valence electrons. The van der Waals surface area contributed by atoms with E-state index >= 15 is 0 Å². The first-order valence-corrected chi connectivity index (χ1v) is 12.4. The molecule has 3 atom stereocenters. The van der Waals surface area contributed by atoms with Gasteiger partial charge in [-0.15, -0.1) is 0 Å². The second kappa shape index (κ2) is 10.9. The number of carboxylic acids is 1. The number of amides is 2. The van der Waals surface area contributed by atoms with E-state index in [4.69, 9.17) is 9.84 Å². The lowest BCUT2D eigenvalue weighted by Crippen LogP contribution is -2.44. The molecular formula is C28H34N2O5. The van der Waals surface area contributed by atoms with Crippen LogP contribution < -0.4 is 10.6 Å². The molecule has 2 aliphatic rings. The van der Waals surface area contributed by atoms with E-state index < -0.39 is 12.1 Å². The van der Waals surface area contributed by atoms with Crippen LogP contribution in [0.4, 0.5) is 4.79 Å². The van der Waals surface area contributed by atoms with Gasteiger partial charge in [0.2, 0.25) is 5.91 Å². The van der Waals surface area contributed by atoms with Crippen molar-refractivity contribution < 1.29 is 24.2 Å². The van der Waals surface area contributed by atoms with Gasteiger partial charge in [0.25, 0.3) is 0 Å². The Morgan fingerprint density at radius 1 is 1.00 bits per heavy atom. The summed E-state index contributed by atoms with van der Waals surface area (Å²) in [6, 6.07) is 16.0. The molecule has 3 N–H and O–H groups in total. The highest BCUT2D eigenvalue weighted by Gasteiger charge is 2.31. The Bertz CT molecular complexity index is 1040. The summed E-state index contributed by atoms with van der Waals surface area (Å²) in [7, 11) is 0. The van der Waals surface area contributed by atoms with E-state index in [1.54, 1.807) is 0 Å². The Morgan fingerprint density at radius 2 is 1.63 bits per heavy atom. The minimum atomic E-state index is -0.797. The van der Waals surface area contributed by atoms with Crippen LogP contribution in [0.15, 0.2) is 48.5 Å². The average molecular weight is 479 g/mol. The van der Waals surface area contributed by atoms with Gasteiger partial charge in [-0.3, -0.25) is 9.59 Å². The standard InChI is InChI=1S/C28H34N2O5/c1-17(2)25(15-26(31)29-19-12-11-18(13-19)14-27(32)33)30-28(34)35-16-24-22-9-5-3-7-20(22)21-8-4-6-10-23(21)24/h3-10,17-19,24-25H,11-16H2,1-2H3,(H,29,31)(H,30,34)(H,32,33)/t18?,19?,25-/m1/s1. The molecule has 0 aromatic heterocycles. The van der Waals surface area contributed by atoms with Gasteiger partial charge in [0.1, 0.15) is 6.61 Å². The number of aliphatic carboxylic acids is 1. The van der Waals surface area contributed by atoms with Crippen LogP contribution in [-0.2, 0) is 14.3 Å². The van der Waals surface area contributed by atoms with Crippen LogP contribution in [0.1, 0.15) is 63.0 Å². The van der Waals surface area contributed by atoms with Crippen molar-refractivity contribution in [1.29, 1.82) is 0 Å². The molecule has 7 heteroatoms. The van der Waals surface area contributed by atoms with Crippen molar-refractivity contribution in [2.75, 3.05) is 6.61 Å². The van der Waals surface area contributed by atoms with Gasteiger partial charge in [-0.1, -0.05) is 62.4 Å². The maximum absolute atomic E-state index is 12.7. The van der Waals surface area contributed by atoms with Crippen molar-refractivity contribution in [2.24, 2.45) is 11.8 Å². The minimum absolute atomic E-state index is 0.00545. The normalized spacial score (nSPS) is 19.6. The van der Waals surface area contributed by atoms with Crippen molar-refractivity contribution in [3.05, 3.63) is 59.7 Å². The highest BCUT2D eigenvalue weighted by molar-refractivity contribution is 5.80. The number of carbonyl (C=O) groups is 3. The second-order valence-electron chi connectivity index (χ2n) is 10.1. The summed E-state index contributed by atoms with van der Waals surface area (Å²) in [5.41, 5.74) is 4.65. The summed E-state index contributed by atoms with van der Waals surface area (Å²) in [5.74, 6) is -0.796. The van der Waals surface area contributed by atoms with Crippen molar-refractivity contribution in [3.8, 4) is 11.1 Å². The molecule has 4 rings (SSSR count). The topological polar surface area (TPSA) is 105 Å². The van der Waals surface area contributed by atoms with E-state index in [2.05, 4.69) is 34.9 Å². The quantitative estimate of drug-likeness (QED) is 0.485. The fourth-order valence-electron chi connectivity index (χ4n) is 5.37. The lowest BCUT2D eigenvalue weighted by molar-refractivity contribution is -0.138. The van der Waals surface area contributed by atoms with Gasteiger partial charge in [0.15, 0.2) is 0 Å². The Hall–Kier alpha value is -3.35. The van der Waals surface area contributed by atoms with Gasteiger partial charge in [0, 0.05) is 30.8 Å². The molecule has 1 fully saturated rings. The lowest BCUT2D eigenvalue weighted by atomic mass is 9.98. The number of hydrogen-bond donors (Lipinski definition) is 3. The lowest BCUT2D eigenvalue weighted by Gasteiger charge is -2.23. The highest BCUT2D eigenvalue weighted by atomic mass is 16.5. The summed E-state index contributed by atoms with van der Waals surface area (Å²) in [4.78, 5) is 36.3. The number of rotatable bonds is 9. The molecular weight excluding hydrogens is 444 g/mol. The van der Waals surface area contributed by atoms with E-state index in [0.29, 0.717) is 6.42 Å². The third-order valence-corrected chi connectivity index (χ3v) is 7.23. The van der Waals surface area contributed by atoms with E-state index in [0.717, 1.165) is 24.0 Å². The summed E-state index contributed by atoms with van der Waals surface area (Å²) in [6.45, 7) is 4.14. The van der Waals surface area contributed by atoms with Gasteiger partial charge in [-0.05, 0) is 53.4 Å². The fourth-order valence-corrected chi connectivity index (χ4v) is 5.37. The molecule has 0 saturated heterocycles. The molecule has 2 aromatic carbocycles. The van der Waals surface area contributed by atoms with E-state index in [1.165, 1.54) is 11.1 Å². The zero-order chi connectivity index (χ0) is 24.9. The number of nitrogens with one attached hydrogen (secondary N) is 2. The van der Waals surface area contributed by atoms with Crippen molar-refractivity contribution in [1.82, 2.24) is 10.6 Å². The van der Waals surface area contributed by atoms with Gasteiger partial charge in [-0.25, -0.2) is 4.79 Å². The molecule has 2 unspecified atom stereocenters. The molecule has 1 saturated carbocycles. The first kappa shape index (κ1) is 24.8. The van der Waals surface area contributed by atoms with Crippen LogP contribution in [0, 0.1) is 11.8 Å². The number of fused-ring (bicyclic) bond motifs is 3. The monoisotopic (exact) mass is 478 g/mol. The van der Waals surface area contributed by atoms with Gasteiger partial charge < -0.3 is 20.5 Å². The number of carbonyl (C=O) groups excluding carboxylic acids is 2. The first-order valence-electron chi connectivity index (χ1n) is 12.4. The van der Waals surface area contributed by atoms with E-state index in [1.807, 2.05) is 38.1 Å². The van der Waals surface area contributed by atoms with E-state index in [9.17, 15) is 14.4 Å². The van der Waals surface area contributed by atoms with Gasteiger partial charge >= 0.3 is 12.1 Å². The summed E-state index contributed by atoms with van der Waals surface area (Å²) in [5, 5.41) is 14.9. The Balaban J connectivity index is 1.30. The molecule has 0 bridgehead atoms. The highest BCUT2D eigenvalue weighted by Crippen LogP contribution is 2.44. The Labute approximate surface area is 206 Å². The Morgan fingerprint density at radius 3 is 2.23 bits per heavy atom. The van der Waals surface area contributed by atoms with Crippen molar-refractivity contribution in [3.63, 3.8) is 0 Å². The molecule has 0 heterocycles. The molecule has 0 radical (unpaired) electrons. The Kier molecular flexibility index (Phi) is 7.73. The molecule has 0 spiro atoms. The molecule has 2 aliphatic carbocycles. The van der Waals surface area contributed by atoms with E-state index in [-0.39, 0.29) is 55.2 Å². The summed E-state index contributed by atoms with van der Waals surface area (Å²) < 4.78 is 5.65. The number of alkyl carbamates (subject to hydrolysis) is 1. The third kappa shape index (κ3) is 6.02. The van der Waals surface area contributed by atoms with Crippen LogP contribution in [0.2, 0.25) is 0 Å². The van der Waals surface area contributed by atoms with Crippen molar-refractivity contribution >= 4 is 18.0 Å². The smallest absolute Gasteiger partial charge is 0.407 e. The first-order chi connectivity index (χ1) is 16.8. The molecule has 7 nitrogen and oxygen atoms in total. The van der Waals surface area contributed by atoms with Crippen LogP contribution in [-0.4, -0.2) is 41.8 Å². The maximum Gasteiger partial charge on any atom is 0.407 e. The zero-order valence-electron chi connectivity index (χ0n) is 20.3. The summed E-state index contributed by atoms with van der Waals surface area (Å²) in [6.07, 6.45) is 2.05. The predicted octanol–water partition coefficient (Wildman–Crippen LogP) is 4.70. The van der Waals surface area contributed by atoms with Crippen LogP contribution >= 0.6 is 0 Å². The van der Waals surface area contributed by atoms with Gasteiger partial charge in [0.05, 0.1) is 0 Å². The fraction of sp³-hybridized carbons (Fsp3) is 0.464. The number of hydrogen-bond acceptors (Lipinski definition) is 4. The number of benzene rings is 2. The molecule has 2 amide bonds. The minimum Gasteiger partial charge on any atom is -0.481 e. The van der Waals surface area contributed by atoms with Crippen LogP contribution in [0.5, 0.6) is 0 Å². The van der Waals surface area contributed by atoms with Crippen LogP contribution in [0.3, 0.4) is 0 Å². The zero-order valence-corrected chi connectivity index (χ0v) is 20.3. The van der Waals surface area contributed by atoms with Gasteiger partial charge in [-0.2, -0.15) is 0 Å². The van der Waals surface area contributed by atoms with Crippen LogP contribution in [0.25, 0.3) is 11.1 Å². The largest absolute Gasteiger partial charge is 0.481 e. The number of carboxylic acid groups (broad SMARTS) is 1. The molecule has 35 heavy (non-hydrogen) atoms. The predicted molar refractivity (Wildman–Crippen MR) is 133 cm³/mol. The molecule has 2 aromatic rings.